The van der Waals surface area contributed by atoms with Crippen LogP contribution in [0.4, 0.5) is 0 Å². The Morgan fingerprint density at radius 2 is 1.77 bits per heavy atom. The van der Waals surface area contributed by atoms with Crippen molar-refractivity contribution in [3.05, 3.63) is 0 Å². The number of hydrogen-bond donors (Lipinski definition) is 0. The number of esters is 2. The maximum absolute atomic E-state index is 10.9. The zero-order chi connectivity index (χ0) is 10.5. The Morgan fingerprint density at radius 1 is 1.23 bits per heavy atom. The van der Waals surface area contributed by atoms with Gasteiger partial charge in [-0.25, -0.2) is 4.79 Å². The fraction of sp³-hybridized carbons (Fsp3) is 0.714. The Morgan fingerprint density at radius 3 is 2.15 bits per heavy atom. The first-order valence-electron chi connectivity index (χ1n) is 3.47. The van der Waals surface area contributed by atoms with E-state index in [1.165, 1.54) is 14.2 Å². The van der Waals surface area contributed by atoms with Gasteiger partial charge in [0.2, 0.25) is 4.33 Å². The molecule has 0 fully saturated rings. The van der Waals surface area contributed by atoms with Crippen LogP contribution in [-0.2, 0) is 19.1 Å². The van der Waals surface area contributed by atoms with E-state index in [2.05, 4.69) is 9.47 Å². The SMILES string of the molecule is COC(=O)CCC(Cl)(Cl)C(=O)OC. The number of hydrogen-bond acceptors (Lipinski definition) is 4. The molecule has 0 bridgehead atoms. The molecule has 0 unspecified atom stereocenters. The molecule has 0 aromatic carbocycles. The van der Waals surface area contributed by atoms with E-state index in [9.17, 15) is 9.59 Å². The number of halogens is 2. The Bertz CT molecular complexity index is 203. The topological polar surface area (TPSA) is 52.6 Å². The van der Waals surface area contributed by atoms with Crippen LogP contribution in [0.3, 0.4) is 0 Å². The minimum absolute atomic E-state index is 0.0292. The van der Waals surface area contributed by atoms with Crippen LogP contribution in [0.1, 0.15) is 12.8 Å². The summed E-state index contributed by atoms with van der Waals surface area (Å²) >= 11 is 11.1. The van der Waals surface area contributed by atoms with Crippen molar-refractivity contribution < 1.29 is 19.1 Å². The van der Waals surface area contributed by atoms with E-state index in [-0.39, 0.29) is 12.8 Å². The maximum Gasteiger partial charge on any atom is 0.342 e. The molecule has 0 aliphatic rings. The minimum Gasteiger partial charge on any atom is -0.469 e. The van der Waals surface area contributed by atoms with Gasteiger partial charge in [0.25, 0.3) is 0 Å². The van der Waals surface area contributed by atoms with Crippen molar-refractivity contribution >= 4 is 35.1 Å². The summed E-state index contributed by atoms with van der Waals surface area (Å²) in [6, 6.07) is 0. The quantitative estimate of drug-likeness (QED) is 0.538. The monoisotopic (exact) mass is 228 g/mol. The number of carbonyl (C=O) groups is 2. The molecule has 0 rings (SSSR count). The summed E-state index contributed by atoms with van der Waals surface area (Å²) in [5, 5.41) is 0. The standard InChI is InChI=1S/C7H10Cl2O4/c1-12-5(10)3-4-7(8,9)6(11)13-2/h3-4H2,1-2H3. The van der Waals surface area contributed by atoms with Crippen LogP contribution in [0.25, 0.3) is 0 Å². The second kappa shape index (κ2) is 5.29. The Labute approximate surface area is 86.1 Å². The van der Waals surface area contributed by atoms with Crippen LogP contribution in [-0.4, -0.2) is 30.5 Å². The van der Waals surface area contributed by atoms with Crippen molar-refractivity contribution in [1.29, 1.82) is 0 Å². The van der Waals surface area contributed by atoms with Gasteiger partial charge in [-0.3, -0.25) is 4.79 Å². The highest BCUT2D eigenvalue weighted by Gasteiger charge is 2.35. The lowest BCUT2D eigenvalue weighted by atomic mass is 10.2. The Balaban J connectivity index is 4.03. The van der Waals surface area contributed by atoms with E-state index in [4.69, 9.17) is 23.2 Å². The van der Waals surface area contributed by atoms with Gasteiger partial charge in [0.05, 0.1) is 14.2 Å². The van der Waals surface area contributed by atoms with Crippen LogP contribution < -0.4 is 0 Å². The van der Waals surface area contributed by atoms with Crippen molar-refractivity contribution in [2.75, 3.05) is 14.2 Å². The maximum atomic E-state index is 10.9. The third-order valence-electron chi connectivity index (χ3n) is 1.35. The number of rotatable bonds is 4. The summed E-state index contributed by atoms with van der Waals surface area (Å²) in [4.78, 5) is 21.6. The molecular formula is C7H10Cl2O4. The lowest BCUT2D eigenvalue weighted by molar-refractivity contribution is -0.143. The van der Waals surface area contributed by atoms with Crippen LogP contribution in [0.5, 0.6) is 0 Å². The fourth-order valence-electron chi connectivity index (χ4n) is 0.612. The van der Waals surface area contributed by atoms with Crippen molar-refractivity contribution in [2.45, 2.75) is 17.2 Å². The summed E-state index contributed by atoms with van der Waals surface area (Å²) in [7, 11) is 2.41. The highest BCUT2D eigenvalue weighted by Crippen LogP contribution is 2.28. The molecule has 0 aliphatic carbocycles. The van der Waals surface area contributed by atoms with Crippen LogP contribution in [0, 0.1) is 0 Å². The number of methoxy groups -OCH3 is 2. The lowest BCUT2D eigenvalue weighted by Crippen LogP contribution is -2.28. The molecular weight excluding hydrogens is 219 g/mol. The minimum atomic E-state index is -1.68. The fourth-order valence-corrected chi connectivity index (χ4v) is 0.956. The van der Waals surface area contributed by atoms with Gasteiger partial charge >= 0.3 is 11.9 Å². The van der Waals surface area contributed by atoms with Gasteiger partial charge in [0.15, 0.2) is 0 Å². The molecule has 0 saturated carbocycles. The third-order valence-corrected chi connectivity index (χ3v) is 2.04. The molecule has 4 nitrogen and oxygen atoms in total. The summed E-state index contributed by atoms with van der Waals surface area (Å²) < 4.78 is 7.00. The highest BCUT2D eigenvalue weighted by atomic mass is 35.5. The van der Waals surface area contributed by atoms with E-state index in [1.807, 2.05) is 0 Å². The first kappa shape index (κ1) is 12.5. The molecule has 76 valence electrons. The molecule has 13 heavy (non-hydrogen) atoms. The molecule has 6 heteroatoms. The average molecular weight is 229 g/mol. The smallest absolute Gasteiger partial charge is 0.342 e. The molecule has 0 atom stereocenters. The summed E-state index contributed by atoms with van der Waals surface area (Å²) in [5.74, 6) is -1.26. The van der Waals surface area contributed by atoms with Crippen LogP contribution >= 0.6 is 23.2 Å². The molecule has 0 heterocycles. The molecule has 0 aromatic heterocycles. The van der Waals surface area contributed by atoms with Gasteiger partial charge in [-0.15, -0.1) is 0 Å². The lowest BCUT2D eigenvalue weighted by Gasteiger charge is -2.15. The Kier molecular flexibility index (Phi) is 5.10. The van der Waals surface area contributed by atoms with Crippen molar-refractivity contribution in [3.63, 3.8) is 0 Å². The molecule has 0 aliphatic heterocycles. The first-order chi connectivity index (χ1) is 5.94. The van der Waals surface area contributed by atoms with E-state index in [0.29, 0.717) is 0 Å². The molecule has 0 radical (unpaired) electrons. The summed E-state index contributed by atoms with van der Waals surface area (Å²) in [5.41, 5.74) is 0. The van der Waals surface area contributed by atoms with Gasteiger partial charge in [-0.05, 0) is 0 Å². The van der Waals surface area contributed by atoms with Gasteiger partial charge in [0.1, 0.15) is 0 Å². The second-order valence-electron chi connectivity index (χ2n) is 2.27. The molecule has 0 aromatic rings. The van der Waals surface area contributed by atoms with E-state index >= 15 is 0 Å². The van der Waals surface area contributed by atoms with Gasteiger partial charge in [-0.1, -0.05) is 23.2 Å². The molecule has 0 spiro atoms. The highest BCUT2D eigenvalue weighted by molar-refractivity contribution is 6.57. The second-order valence-corrected chi connectivity index (χ2v) is 3.76. The van der Waals surface area contributed by atoms with E-state index < -0.39 is 16.3 Å². The number of alkyl halides is 2. The van der Waals surface area contributed by atoms with Crippen molar-refractivity contribution in [1.82, 2.24) is 0 Å². The van der Waals surface area contributed by atoms with E-state index in [1.54, 1.807) is 0 Å². The molecule has 0 amide bonds. The summed E-state index contributed by atoms with van der Waals surface area (Å²) in [6.07, 6.45) is -0.0615. The predicted octanol–water partition coefficient (Wildman–Crippen LogP) is 1.29. The van der Waals surface area contributed by atoms with Gasteiger partial charge in [-0.2, -0.15) is 0 Å². The third kappa shape index (κ3) is 4.33. The molecule has 0 saturated heterocycles. The van der Waals surface area contributed by atoms with Crippen molar-refractivity contribution in [3.8, 4) is 0 Å². The van der Waals surface area contributed by atoms with Gasteiger partial charge in [0, 0.05) is 12.8 Å². The van der Waals surface area contributed by atoms with Crippen LogP contribution in [0.15, 0.2) is 0 Å². The average Bonchev–Trinajstić information content (AvgIpc) is 2.12. The normalized spacial score (nSPS) is 10.8. The first-order valence-corrected chi connectivity index (χ1v) is 4.22. The molecule has 0 N–H and O–H groups in total. The zero-order valence-corrected chi connectivity index (χ0v) is 8.81. The predicted molar refractivity (Wildman–Crippen MR) is 47.7 cm³/mol. The Hall–Kier alpha value is -0.480. The van der Waals surface area contributed by atoms with Gasteiger partial charge < -0.3 is 9.47 Å². The largest absolute Gasteiger partial charge is 0.469 e. The number of ether oxygens (including phenoxy) is 2. The van der Waals surface area contributed by atoms with E-state index in [0.717, 1.165) is 0 Å². The van der Waals surface area contributed by atoms with Crippen molar-refractivity contribution in [2.24, 2.45) is 0 Å². The zero-order valence-electron chi connectivity index (χ0n) is 7.30. The summed E-state index contributed by atoms with van der Waals surface area (Å²) in [6.45, 7) is 0. The van der Waals surface area contributed by atoms with Crippen LogP contribution in [0.2, 0.25) is 0 Å². The number of carbonyl (C=O) groups excluding carboxylic acids is 2.